The zero-order valence-electron chi connectivity index (χ0n) is 19.2. The number of carbonyl (C=O) groups is 1. The summed E-state index contributed by atoms with van der Waals surface area (Å²) in [5, 5.41) is 6.41. The molecule has 4 aromatic rings. The average molecular weight is 472 g/mol. The summed E-state index contributed by atoms with van der Waals surface area (Å²) in [7, 11) is -3.87. The number of fused-ring (bicyclic) bond motifs is 1. The fraction of sp³-hybridized carbons (Fsp3) is 0.111. The highest BCUT2D eigenvalue weighted by molar-refractivity contribution is 7.92. The lowest BCUT2D eigenvalue weighted by Gasteiger charge is -2.12. The van der Waals surface area contributed by atoms with Crippen molar-refractivity contribution in [1.29, 1.82) is 0 Å². The Morgan fingerprint density at radius 2 is 1.56 bits per heavy atom. The molecular formula is C27H25N3O3S. The third-order valence-corrected chi connectivity index (χ3v) is 6.89. The van der Waals surface area contributed by atoms with E-state index in [1.54, 1.807) is 19.1 Å². The standard InChI is InChI=1S/C27H25N3O3S/c1-18-11-14-26(19(2)15-18)30-34(32,33)25-10-6-9-24(17-25)27(31)29-28-20(3)22-13-12-21-7-4-5-8-23(21)16-22/h4-17,30H,1-3H3,(H,29,31). The molecule has 0 aliphatic rings. The number of nitrogens with zero attached hydrogens (tertiary/aromatic N) is 1. The predicted molar refractivity (Wildman–Crippen MR) is 137 cm³/mol. The number of rotatable bonds is 6. The summed E-state index contributed by atoms with van der Waals surface area (Å²) in [6, 6.07) is 25.3. The fourth-order valence-electron chi connectivity index (χ4n) is 3.61. The summed E-state index contributed by atoms with van der Waals surface area (Å²) >= 11 is 0. The molecule has 0 aromatic heterocycles. The minimum atomic E-state index is -3.87. The normalized spacial score (nSPS) is 11.9. The molecule has 0 bridgehead atoms. The molecule has 0 saturated heterocycles. The molecule has 0 heterocycles. The zero-order valence-corrected chi connectivity index (χ0v) is 20.0. The molecule has 0 saturated carbocycles. The summed E-state index contributed by atoms with van der Waals surface area (Å²) in [5.41, 5.74) is 6.59. The van der Waals surface area contributed by atoms with E-state index in [0.29, 0.717) is 11.4 Å². The van der Waals surface area contributed by atoms with Crippen LogP contribution in [0.4, 0.5) is 5.69 Å². The molecule has 0 aliphatic carbocycles. The average Bonchev–Trinajstić information content (AvgIpc) is 2.83. The molecule has 1 amide bonds. The highest BCUT2D eigenvalue weighted by Gasteiger charge is 2.17. The predicted octanol–water partition coefficient (Wildman–Crippen LogP) is 5.41. The largest absolute Gasteiger partial charge is 0.279 e. The topological polar surface area (TPSA) is 87.6 Å². The van der Waals surface area contributed by atoms with E-state index in [0.717, 1.165) is 27.5 Å². The van der Waals surface area contributed by atoms with Gasteiger partial charge in [-0.25, -0.2) is 13.8 Å². The Kier molecular flexibility index (Phi) is 6.47. The number of hydrogen-bond acceptors (Lipinski definition) is 4. The highest BCUT2D eigenvalue weighted by Crippen LogP contribution is 2.21. The van der Waals surface area contributed by atoms with Crippen LogP contribution in [0.1, 0.15) is 34.0 Å². The van der Waals surface area contributed by atoms with Crippen molar-refractivity contribution in [3.05, 3.63) is 107 Å². The minimum absolute atomic E-state index is 0.00430. The molecule has 0 fully saturated rings. The van der Waals surface area contributed by atoms with Crippen LogP contribution in [-0.2, 0) is 10.0 Å². The van der Waals surface area contributed by atoms with Gasteiger partial charge in [0, 0.05) is 5.56 Å². The number of anilines is 1. The van der Waals surface area contributed by atoms with E-state index in [2.05, 4.69) is 15.2 Å². The first-order valence-electron chi connectivity index (χ1n) is 10.8. The van der Waals surface area contributed by atoms with Gasteiger partial charge in [0.1, 0.15) is 0 Å². The van der Waals surface area contributed by atoms with Crippen molar-refractivity contribution >= 4 is 38.1 Å². The molecule has 0 atom stereocenters. The van der Waals surface area contributed by atoms with E-state index in [1.807, 2.05) is 68.4 Å². The van der Waals surface area contributed by atoms with Crippen LogP contribution < -0.4 is 10.1 Å². The van der Waals surface area contributed by atoms with E-state index in [1.165, 1.54) is 18.2 Å². The minimum Gasteiger partial charge on any atom is -0.279 e. The number of sulfonamides is 1. The first-order valence-corrected chi connectivity index (χ1v) is 12.3. The Morgan fingerprint density at radius 1 is 0.794 bits per heavy atom. The van der Waals surface area contributed by atoms with E-state index in [4.69, 9.17) is 0 Å². The van der Waals surface area contributed by atoms with Crippen LogP contribution in [0.2, 0.25) is 0 Å². The van der Waals surface area contributed by atoms with Gasteiger partial charge in [-0.05, 0) is 73.0 Å². The molecule has 4 rings (SSSR count). The van der Waals surface area contributed by atoms with Crippen molar-refractivity contribution in [2.75, 3.05) is 4.72 Å². The summed E-state index contributed by atoms with van der Waals surface area (Å²) in [6.45, 7) is 5.58. The summed E-state index contributed by atoms with van der Waals surface area (Å²) in [6.07, 6.45) is 0. The lowest BCUT2D eigenvalue weighted by atomic mass is 10.0. The van der Waals surface area contributed by atoms with Crippen molar-refractivity contribution in [1.82, 2.24) is 5.43 Å². The van der Waals surface area contributed by atoms with Crippen LogP contribution in [0.3, 0.4) is 0 Å². The van der Waals surface area contributed by atoms with Crippen molar-refractivity contribution in [2.45, 2.75) is 25.7 Å². The second-order valence-electron chi connectivity index (χ2n) is 8.15. The van der Waals surface area contributed by atoms with Crippen molar-refractivity contribution in [3.8, 4) is 0 Å². The molecule has 172 valence electrons. The number of benzene rings is 4. The van der Waals surface area contributed by atoms with E-state index >= 15 is 0 Å². The van der Waals surface area contributed by atoms with Gasteiger partial charge >= 0.3 is 0 Å². The Labute approximate surface area is 199 Å². The second kappa shape index (κ2) is 9.49. The summed E-state index contributed by atoms with van der Waals surface area (Å²) in [5.74, 6) is -0.497. The smallest absolute Gasteiger partial charge is 0.271 e. The second-order valence-corrected chi connectivity index (χ2v) is 9.83. The first kappa shape index (κ1) is 23.2. The van der Waals surface area contributed by atoms with Crippen LogP contribution in [0.5, 0.6) is 0 Å². The van der Waals surface area contributed by atoms with Gasteiger partial charge in [-0.15, -0.1) is 0 Å². The molecular weight excluding hydrogens is 446 g/mol. The molecule has 0 unspecified atom stereocenters. The summed E-state index contributed by atoms with van der Waals surface area (Å²) < 4.78 is 28.4. The van der Waals surface area contributed by atoms with Crippen molar-refractivity contribution in [3.63, 3.8) is 0 Å². The van der Waals surface area contributed by atoms with Gasteiger partial charge in [0.05, 0.1) is 16.3 Å². The Balaban J connectivity index is 1.51. The van der Waals surface area contributed by atoms with Gasteiger partial charge in [-0.2, -0.15) is 5.10 Å². The number of aryl methyl sites for hydroxylation is 2. The number of hydrogen-bond donors (Lipinski definition) is 2. The van der Waals surface area contributed by atoms with Gasteiger partial charge in [-0.1, -0.05) is 60.2 Å². The molecule has 4 aromatic carbocycles. The number of nitrogens with one attached hydrogen (secondary N) is 2. The third-order valence-electron chi connectivity index (χ3n) is 5.53. The van der Waals surface area contributed by atoms with Gasteiger partial charge in [0.2, 0.25) is 0 Å². The lowest BCUT2D eigenvalue weighted by Crippen LogP contribution is -2.20. The van der Waals surface area contributed by atoms with Gasteiger partial charge < -0.3 is 0 Å². The molecule has 34 heavy (non-hydrogen) atoms. The molecule has 0 radical (unpaired) electrons. The van der Waals surface area contributed by atoms with Gasteiger partial charge in [0.25, 0.3) is 15.9 Å². The Hall–Kier alpha value is -3.97. The number of hydrazone groups is 1. The zero-order chi connectivity index (χ0) is 24.3. The van der Waals surface area contributed by atoms with Crippen LogP contribution >= 0.6 is 0 Å². The number of carbonyl (C=O) groups excluding carboxylic acids is 1. The van der Waals surface area contributed by atoms with Crippen LogP contribution in [0.25, 0.3) is 10.8 Å². The van der Waals surface area contributed by atoms with Crippen LogP contribution in [-0.4, -0.2) is 20.0 Å². The van der Waals surface area contributed by atoms with Crippen molar-refractivity contribution in [2.24, 2.45) is 5.10 Å². The SMILES string of the molecule is CC(=NNC(=O)c1cccc(S(=O)(=O)Nc2ccc(C)cc2C)c1)c1ccc2ccccc2c1. The molecule has 6 nitrogen and oxygen atoms in total. The highest BCUT2D eigenvalue weighted by atomic mass is 32.2. The lowest BCUT2D eigenvalue weighted by molar-refractivity contribution is 0.0954. The maximum Gasteiger partial charge on any atom is 0.271 e. The Morgan fingerprint density at radius 3 is 2.32 bits per heavy atom. The van der Waals surface area contributed by atoms with E-state index in [-0.39, 0.29) is 10.5 Å². The number of amides is 1. The maximum absolute atomic E-state index is 12.9. The summed E-state index contributed by atoms with van der Waals surface area (Å²) in [4.78, 5) is 12.7. The molecule has 0 aliphatic heterocycles. The molecule has 0 spiro atoms. The van der Waals surface area contributed by atoms with E-state index in [9.17, 15) is 13.2 Å². The maximum atomic E-state index is 12.9. The van der Waals surface area contributed by atoms with Crippen LogP contribution in [0, 0.1) is 13.8 Å². The molecule has 7 heteroatoms. The fourth-order valence-corrected chi connectivity index (χ4v) is 4.79. The van der Waals surface area contributed by atoms with E-state index < -0.39 is 15.9 Å². The molecule has 2 N–H and O–H groups in total. The van der Waals surface area contributed by atoms with Crippen LogP contribution in [0.15, 0.2) is 94.9 Å². The first-order chi connectivity index (χ1) is 16.2. The van der Waals surface area contributed by atoms with Crippen molar-refractivity contribution < 1.29 is 13.2 Å². The monoisotopic (exact) mass is 471 g/mol. The van der Waals surface area contributed by atoms with Gasteiger partial charge in [0.15, 0.2) is 0 Å². The quantitative estimate of drug-likeness (QED) is 0.291. The Bertz CT molecular complexity index is 1530. The third kappa shape index (κ3) is 5.15. The van der Waals surface area contributed by atoms with Gasteiger partial charge in [-0.3, -0.25) is 9.52 Å².